The Kier molecular flexibility index (Phi) is 19.6. The maximum absolute atomic E-state index is 14.1. The Hall–Kier alpha value is -5.17. The molecule has 0 fully saturated rings. The minimum absolute atomic E-state index is 0.0565. The van der Waals surface area contributed by atoms with E-state index < -0.39 is 72.2 Å². The molecule has 6 aromatic rings. The fraction of sp³-hybridized carbons (Fsp3) is 0.472. The number of carbonyl (C=O) groups is 3. The van der Waals surface area contributed by atoms with Crippen LogP contribution < -0.4 is 16.0 Å². The number of rotatable bonds is 12. The first-order valence-corrected chi connectivity index (χ1v) is 30.6. The van der Waals surface area contributed by atoms with Crippen LogP contribution in [0.3, 0.4) is 0 Å². The van der Waals surface area contributed by atoms with E-state index in [1.807, 2.05) is 62.3 Å². The van der Waals surface area contributed by atoms with Gasteiger partial charge in [0.15, 0.2) is 41.9 Å². The van der Waals surface area contributed by atoms with E-state index in [0.29, 0.717) is 17.3 Å². The van der Waals surface area contributed by atoms with E-state index in [9.17, 15) is 44.0 Å². The van der Waals surface area contributed by atoms with Gasteiger partial charge in [-0.15, -0.1) is 11.3 Å². The Labute approximate surface area is 481 Å². The summed E-state index contributed by atoms with van der Waals surface area (Å²) in [6.45, 7) is 31.3. The molecule has 3 N–H and O–H groups in total. The maximum Gasteiger partial charge on any atom is 0.246 e. The highest BCUT2D eigenvalue weighted by atomic mass is 35.5. The fourth-order valence-electron chi connectivity index (χ4n) is 6.34. The molecule has 434 valence electrons. The highest BCUT2D eigenvalue weighted by Crippen LogP contribution is 2.39. The molecule has 0 bridgehead atoms. The number of thiophene rings is 1. The van der Waals surface area contributed by atoms with Gasteiger partial charge in [-0.05, 0) is 88.9 Å². The fourth-order valence-corrected chi connectivity index (χ4v) is 13.0. The van der Waals surface area contributed by atoms with Crippen molar-refractivity contribution in [2.45, 2.75) is 175 Å². The summed E-state index contributed by atoms with van der Waals surface area (Å²) in [5.74, 6) is -1.15. The quantitative estimate of drug-likeness (QED) is 0.103. The van der Waals surface area contributed by atoms with Crippen molar-refractivity contribution < 1.29 is 57.6 Å². The zero-order chi connectivity index (χ0) is 60.7. The van der Waals surface area contributed by atoms with Gasteiger partial charge in [0.25, 0.3) is 0 Å². The zero-order valence-corrected chi connectivity index (χ0v) is 52.8. The van der Waals surface area contributed by atoms with Crippen molar-refractivity contribution >= 4 is 111 Å². The number of aromatic nitrogens is 3. The largest absolute Gasteiger partial charge is 0.359 e. The van der Waals surface area contributed by atoms with Crippen molar-refractivity contribution in [3.05, 3.63) is 110 Å². The predicted molar refractivity (Wildman–Crippen MR) is 306 cm³/mol. The molecule has 4 heterocycles. The van der Waals surface area contributed by atoms with Crippen LogP contribution in [-0.2, 0) is 65.6 Å². The monoisotopic (exact) mass is 1230 g/mol. The van der Waals surface area contributed by atoms with Gasteiger partial charge in [-0.1, -0.05) is 145 Å². The minimum atomic E-state index is -4.33. The third kappa shape index (κ3) is 15.0. The average Bonchev–Trinajstić information content (AvgIpc) is 4.15. The first-order valence-electron chi connectivity index (χ1n) is 24.2. The molecular weight excluding hydrogens is 1170 g/mol. The number of halogens is 4. The smallest absolute Gasteiger partial charge is 0.246 e. The van der Waals surface area contributed by atoms with Crippen molar-refractivity contribution in [2.24, 2.45) is 0 Å². The van der Waals surface area contributed by atoms with Gasteiger partial charge in [0.05, 0.1) is 9.92 Å². The Bertz CT molecular complexity index is 3540. The molecule has 0 radical (unpaired) electrons. The lowest BCUT2D eigenvalue weighted by atomic mass is 9.87. The number of nitrogens with one attached hydrogen (secondary N) is 3. The lowest BCUT2D eigenvalue weighted by molar-refractivity contribution is -0.118. The number of benzene rings is 2. The van der Waals surface area contributed by atoms with Gasteiger partial charge in [0.2, 0.25) is 27.6 Å². The number of sulfone groups is 3. The first-order chi connectivity index (χ1) is 35.6. The average molecular weight is 1230 g/mol. The van der Waals surface area contributed by atoms with Crippen LogP contribution in [0.4, 0.5) is 21.8 Å². The summed E-state index contributed by atoms with van der Waals surface area (Å²) in [4.78, 5) is 37.4. The van der Waals surface area contributed by atoms with Gasteiger partial charge < -0.3 is 29.5 Å². The molecule has 0 saturated heterocycles. The standard InChI is InChI=1S/C21H30N2O4S.C17H20ClFN2O4S.C15H18Cl2N2O4S2/c1-19(2,3)14-9-11-15(12-10-14)28(25,26)21(7,8)18(24)22-17-13-16(27-23-17)20(4,5)6;1-16(2,3)13-9-14(21-25-13)20-15(22)17(4,5)26(23,24)12-7-6-10(18)8-11(12)19;1-14(2,3)9-7-10(19-23-9)18-13(20)15(4,5)25(21,22)11-6-8(16)12(17)24-11/h9-13H,1-8H3,(H,22,23,24);6-9H,1-5H3,(H,20,21,22);6-7H,1-5H3,(H,18,19,20). The third-order valence-corrected chi connectivity index (χ3v) is 22.1. The van der Waals surface area contributed by atoms with E-state index in [1.54, 1.807) is 36.4 Å². The number of nitrogens with zero attached hydrogens (tertiary/aromatic N) is 3. The summed E-state index contributed by atoms with van der Waals surface area (Å²) in [6, 6.07) is 15.8. The summed E-state index contributed by atoms with van der Waals surface area (Å²) in [5.41, 5.74) is 0.0386. The van der Waals surface area contributed by atoms with Crippen molar-refractivity contribution in [2.75, 3.05) is 16.0 Å². The molecule has 18 nitrogen and oxygen atoms in total. The van der Waals surface area contributed by atoms with Crippen molar-refractivity contribution in [1.82, 2.24) is 15.5 Å². The topological polar surface area (TPSA) is 268 Å². The van der Waals surface area contributed by atoms with Gasteiger partial charge >= 0.3 is 0 Å². The maximum atomic E-state index is 14.1. The summed E-state index contributed by atoms with van der Waals surface area (Å²) < 4.78 is 102. The molecule has 26 heteroatoms. The van der Waals surface area contributed by atoms with Gasteiger partial charge in [-0.25, -0.2) is 29.6 Å². The molecule has 6 rings (SSSR count). The summed E-state index contributed by atoms with van der Waals surface area (Å²) in [5, 5.41) is 19.0. The van der Waals surface area contributed by atoms with Gasteiger partial charge in [0.1, 0.15) is 46.0 Å². The highest BCUT2D eigenvalue weighted by Gasteiger charge is 2.47. The van der Waals surface area contributed by atoms with Gasteiger partial charge in [0, 0.05) is 39.5 Å². The molecule has 0 atom stereocenters. The first kappa shape index (κ1) is 66.3. The van der Waals surface area contributed by atoms with Crippen LogP contribution in [0.2, 0.25) is 14.4 Å². The van der Waals surface area contributed by atoms with Crippen LogP contribution in [0.15, 0.2) is 94.3 Å². The molecule has 79 heavy (non-hydrogen) atoms. The molecule has 0 aliphatic rings. The Balaban J connectivity index is 0.000000256. The van der Waals surface area contributed by atoms with Crippen LogP contribution in [0, 0.1) is 5.82 Å². The van der Waals surface area contributed by atoms with Crippen LogP contribution in [0.1, 0.15) is 147 Å². The van der Waals surface area contributed by atoms with Crippen molar-refractivity contribution in [3.8, 4) is 0 Å². The molecule has 3 amide bonds. The minimum Gasteiger partial charge on any atom is -0.359 e. The summed E-state index contributed by atoms with van der Waals surface area (Å²) in [7, 11) is -12.2. The lowest BCUT2D eigenvalue weighted by Gasteiger charge is -2.24. The van der Waals surface area contributed by atoms with Crippen LogP contribution >= 0.6 is 46.1 Å². The van der Waals surface area contributed by atoms with Crippen molar-refractivity contribution in [3.63, 3.8) is 0 Å². The summed E-state index contributed by atoms with van der Waals surface area (Å²) >= 11 is 18.1. The molecule has 0 unspecified atom stereocenters. The number of amides is 3. The van der Waals surface area contributed by atoms with E-state index in [0.717, 1.165) is 29.0 Å². The molecule has 4 aromatic heterocycles. The van der Waals surface area contributed by atoms with E-state index in [-0.39, 0.29) is 62.6 Å². The predicted octanol–water partition coefficient (Wildman–Crippen LogP) is 12.9. The Morgan fingerprint density at radius 2 is 0.835 bits per heavy atom. The Morgan fingerprint density at radius 1 is 0.481 bits per heavy atom. The molecule has 0 spiro atoms. The lowest BCUT2D eigenvalue weighted by Crippen LogP contribution is -2.44. The second kappa shape index (κ2) is 23.4. The SMILES string of the molecule is CC(C)(C)c1cc(NC(=O)C(C)(C)S(=O)(=O)c2cc(Cl)c(Cl)s2)no1.CC(C)(C)c1cc(NC(=O)C(C)(C)S(=O)(=O)c2ccc(Cl)cc2F)no1.CC(C)(C)c1ccc(S(=O)(=O)C(C)(C)C(=O)Nc2cc(C(C)(C)C)on2)cc1. The zero-order valence-electron chi connectivity index (χ0n) is 47.2. The van der Waals surface area contributed by atoms with Crippen molar-refractivity contribution in [1.29, 1.82) is 0 Å². The third-order valence-electron chi connectivity index (χ3n) is 12.2. The molecule has 0 saturated carbocycles. The van der Waals surface area contributed by atoms with Crippen LogP contribution in [0.25, 0.3) is 0 Å². The van der Waals surface area contributed by atoms with Gasteiger partial charge in [-0.3, -0.25) is 14.4 Å². The van der Waals surface area contributed by atoms with Crippen LogP contribution in [0.5, 0.6) is 0 Å². The number of hydrogen-bond acceptors (Lipinski definition) is 16. The van der Waals surface area contributed by atoms with E-state index >= 15 is 0 Å². The van der Waals surface area contributed by atoms with E-state index in [1.165, 1.54) is 59.7 Å². The van der Waals surface area contributed by atoms with Gasteiger partial charge in [-0.2, -0.15) is 0 Å². The second-order valence-electron chi connectivity index (χ2n) is 23.9. The molecule has 0 aliphatic carbocycles. The molecule has 0 aliphatic heterocycles. The normalized spacial score (nSPS) is 13.1. The Morgan fingerprint density at radius 3 is 1.14 bits per heavy atom. The van der Waals surface area contributed by atoms with Crippen LogP contribution in [-0.4, -0.2) is 72.7 Å². The van der Waals surface area contributed by atoms with E-state index in [2.05, 4.69) is 52.2 Å². The summed E-state index contributed by atoms with van der Waals surface area (Å²) in [6.07, 6.45) is 0. The van der Waals surface area contributed by atoms with E-state index in [4.69, 9.17) is 48.4 Å². The number of anilines is 3. The molecular formula is C53H68Cl3FN6O12S4. The highest BCUT2D eigenvalue weighted by molar-refractivity contribution is 7.95. The number of carbonyl (C=O) groups excluding carboxylic acids is 3. The number of hydrogen-bond donors (Lipinski definition) is 3. The second-order valence-corrected chi connectivity index (χ2v) is 34.1. The molecule has 2 aromatic carbocycles.